The lowest BCUT2D eigenvalue weighted by atomic mass is 9.92. The zero-order chi connectivity index (χ0) is 13.1. The molecule has 0 aromatic heterocycles. The van der Waals surface area contributed by atoms with Crippen molar-refractivity contribution in [2.24, 2.45) is 17.6 Å². The summed E-state index contributed by atoms with van der Waals surface area (Å²) in [7, 11) is 0. The van der Waals surface area contributed by atoms with E-state index < -0.39 is 0 Å². The fourth-order valence-electron chi connectivity index (χ4n) is 3.11. The zero-order valence-electron chi connectivity index (χ0n) is 12.2. The van der Waals surface area contributed by atoms with Gasteiger partial charge < -0.3 is 15.5 Å². The van der Waals surface area contributed by atoms with Crippen LogP contribution >= 0.6 is 12.4 Å². The lowest BCUT2D eigenvalue weighted by Crippen LogP contribution is -2.55. The molecule has 2 aliphatic rings. The molecule has 5 heteroatoms. The highest BCUT2D eigenvalue weighted by Crippen LogP contribution is 2.24. The van der Waals surface area contributed by atoms with Gasteiger partial charge >= 0.3 is 6.03 Å². The van der Waals surface area contributed by atoms with Gasteiger partial charge in [-0.3, -0.25) is 0 Å². The number of carbonyl (C=O) groups is 1. The molecule has 2 atom stereocenters. The Morgan fingerprint density at radius 3 is 2.26 bits per heavy atom. The number of piperidine rings is 2. The molecule has 19 heavy (non-hydrogen) atoms. The fraction of sp³-hybridized carbons (Fsp3) is 0.929. The highest BCUT2D eigenvalue weighted by atomic mass is 35.5. The van der Waals surface area contributed by atoms with E-state index in [2.05, 4.69) is 13.8 Å². The van der Waals surface area contributed by atoms with E-state index in [9.17, 15) is 4.79 Å². The molecule has 0 aromatic carbocycles. The average Bonchev–Trinajstić information content (AvgIpc) is 2.38. The third-order valence-corrected chi connectivity index (χ3v) is 4.55. The second-order valence-corrected chi connectivity index (χ2v) is 6.16. The summed E-state index contributed by atoms with van der Waals surface area (Å²) in [5.41, 5.74) is 5.83. The molecule has 2 amide bonds. The maximum atomic E-state index is 12.5. The number of urea groups is 1. The molecule has 2 saturated heterocycles. The van der Waals surface area contributed by atoms with Gasteiger partial charge in [0.25, 0.3) is 0 Å². The molecule has 2 unspecified atom stereocenters. The van der Waals surface area contributed by atoms with Gasteiger partial charge in [0.15, 0.2) is 0 Å². The molecule has 0 saturated carbocycles. The number of carbonyl (C=O) groups excluding carboxylic acids is 1. The van der Waals surface area contributed by atoms with E-state index in [1.807, 2.05) is 9.80 Å². The van der Waals surface area contributed by atoms with Gasteiger partial charge in [0.05, 0.1) is 0 Å². The van der Waals surface area contributed by atoms with Crippen molar-refractivity contribution in [3.8, 4) is 0 Å². The van der Waals surface area contributed by atoms with Gasteiger partial charge in [-0.05, 0) is 37.5 Å². The largest absolute Gasteiger partial charge is 0.328 e. The Labute approximate surface area is 123 Å². The van der Waals surface area contributed by atoms with Crippen molar-refractivity contribution in [2.45, 2.75) is 45.6 Å². The van der Waals surface area contributed by atoms with Gasteiger partial charge in [0.2, 0.25) is 0 Å². The van der Waals surface area contributed by atoms with Crippen LogP contribution in [0.4, 0.5) is 4.79 Å². The number of hydrogen-bond donors (Lipinski definition) is 1. The van der Waals surface area contributed by atoms with E-state index >= 15 is 0 Å². The number of likely N-dealkylation sites (tertiary alicyclic amines) is 2. The third kappa shape index (κ3) is 3.99. The summed E-state index contributed by atoms with van der Waals surface area (Å²) in [4.78, 5) is 16.6. The summed E-state index contributed by atoms with van der Waals surface area (Å²) in [5.74, 6) is 1.46. The molecule has 0 aliphatic carbocycles. The second-order valence-electron chi connectivity index (χ2n) is 6.16. The molecular weight excluding hydrogens is 262 g/mol. The van der Waals surface area contributed by atoms with Crippen LogP contribution in [0.15, 0.2) is 0 Å². The Kier molecular flexibility index (Phi) is 6.40. The van der Waals surface area contributed by atoms with Crippen molar-refractivity contribution in [3.63, 3.8) is 0 Å². The number of rotatable bonds is 1. The summed E-state index contributed by atoms with van der Waals surface area (Å²) in [6.45, 7) is 7.85. The third-order valence-electron chi connectivity index (χ3n) is 4.55. The quantitative estimate of drug-likeness (QED) is 0.805. The minimum atomic E-state index is 0. The van der Waals surface area contributed by atoms with Crippen molar-refractivity contribution in [3.05, 3.63) is 0 Å². The number of nitrogens with two attached hydrogens (primary N) is 1. The molecule has 0 aromatic rings. The first-order valence-corrected chi connectivity index (χ1v) is 7.37. The number of hydrogen-bond acceptors (Lipinski definition) is 2. The molecule has 2 rings (SSSR count). The SMILES string of the molecule is CC1CCN(C(=O)N2CCC(C)CC2CN)CC1.Cl. The standard InChI is InChI=1S/C14H27N3O.ClH/c1-11-3-6-16(7-4-11)14(18)17-8-5-12(2)9-13(17)10-15;/h11-13H,3-10,15H2,1-2H3;1H. The average molecular weight is 290 g/mol. The summed E-state index contributed by atoms with van der Waals surface area (Å²) in [6, 6.07) is 0.477. The predicted molar refractivity (Wildman–Crippen MR) is 80.6 cm³/mol. The lowest BCUT2D eigenvalue weighted by molar-refractivity contribution is 0.0932. The van der Waals surface area contributed by atoms with E-state index in [1.165, 1.54) is 0 Å². The molecule has 4 nitrogen and oxygen atoms in total. The molecule has 0 bridgehead atoms. The Morgan fingerprint density at radius 2 is 1.68 bits per heavy atom. The first-order chi connectivity index (χ1) is 8.61. The summed E-state index contributed by atoms with van der Waals surface area (Å²) in [5, 5.41) is 0. The molecule has 2 N–H and O–H groups in total. The van der Waals surface area contributed by atoms with Gasteiger partial charge in [-0.15, -0.1) is 12.4 Å². The van der Waals surface area contributed by atoms with Gasteiger partial charge in [-0.2, -0.15) is 0 Å². The van der Waals surface area contributed by atoms with Crippen LogP contribution in [0.3, 0.4) is 0 Å². The summed E-state index contributed by atoms with van der Waals surface area (Å²) >= 11 is 0. The summed E-state index contributed by atoms with van der Waals surface area (Å²) in [6.07, 6.45) is 4.46. The first kappa shape index (κ1) is 16.6. The van der Waals surface area contributed by atoms with E-state index in [-0.39, 0.29) is 24.5 Å². The molecule has 0 spiro atoms. The van der Waals surface area contributed by atoms with E-state index in [4.69, 9.17) is 5.73 Å². The Hall–Kier alpha value is -0.480. The van der Waals surface area contributed by atoms with Crippen molar-refractivity contribution in [1.29, 1.82) is 0 Å². The van der Waals surface area contributed by atoms with Crippen LogP contribution in [0.2, 0.25) is 0 Å². The number of nitrogens with zero attached hydrogens (tertiary/aromatic N) is 2. The Bertz CT molecular complexity index is 292. The smallest absolute Gasteiger partial charge is 0.320 e. The van der Waals surface area contributed by atoms with Crippen LogP contribution in [0, 0.1) is 11.8 Å². The van der Waals surface area contributed by atoms with Crippen LogP contribution in [0.25, 0.3) is 0 Å². The van der Waals surface area contributed by atoms with Crippen LogP contribution < -0.4 is 5.73 Å². The normalized spacial score (nSPS) is 29.0. The molecule has 2 aliphatic heterocycles. The van der Waals surface area contributed by atoms with E-state index in [1.54, 1.807) is 0 Å². The maximum absolute atomic E-state index is 12.5. The first-order valence-electron chi connectivity index (χ1n) is 7.37. The van der Waals surface area contributed by atoms with Gasteiger partial charge in [0, 0.05) is 32.2 Å². The van der Waals surface area contributed by atoms with Gasteiger partial charge in [-0.25, -0.2) is 4.79 Å². The number of halogens is 1. The van der Waals surface area contributed by atoms with E-state index in [0.717, 1.165) is 51.2 Å². The van der Waals surface area contributed by atoms with Crippen molar-refractivity contribution in [1.82, 2.24) is 9.80 Å². The fourth-order valence-corrected chi connectivity index (χ4v) is 3.11. The predicted octanol–water partition coefficient (Wildman–Crippen LogP) is 2.32. The van der Waals surface area contributed by atoms with Crippen LogP contribution in [0.1, 0.15) is 39.5 Å². The summed E-state index contributed by atoms with van der Waals surface area (Å²) < 4.78 is 0. The van der Waals surface area contributed by atoms with Crippen LogP contribution in [-0.2, 0) is 0 Å². The van der Waals surface area contributed by atoms with Crippen molar-refractivity contribution < 1.29 is 4.79 Å². The highest BCUT2D eigenvalue weighted by Gasteiger charge is 2.32. The number of amides is 2. The van der Waals surface area contributed by atoms with Crippen molar-refractivity contribution >= 4 is 18.4 Å². The Balaban J connectivity index is 0.00000180. The molecule has 112 valence electrons. The molecule has 2 fully saturated rings. The van der Waals surface area contributed by atoms with E-state index in [0.29, 0.717) is 12.5 Å². The lowest BCUT2D eigenvalue weighted by Gasteiger charge is -2.42. The minimum absolute atomic E-state index is 0. The van der Waals surface area contributed by atoms with Crippen molar-refractivity contribution in [2.75, 3.05) is 26.2 Å². The van der Waals surface area contributed by atoms with Crippen LogP contribution in [0.5, 0.6) is 0 Å². The maximum Gasteiger partial charge on any atom is 0.320 e. The Morgan fingerprint density at radius 1 is 1.11 bits per heavy atom. The molecule has 2 heterocycles. The van der Waals surface area contributed by atoms with Gasteiger partial charge in [0.1, 0.15) is 0 Å². The zero-order valence-corrected chi connectivity index (χ0v) is 13.0. The van der Waals surface area contributed by atoms with Crippen LogP contribution in [-0.4, -0.2) is 48.1 Å². The molecular formula is C14H28ClN3O. The molecule has 0 radical (unpaired) electrons. The van der Waals surface area contributed by atoms with Gasteiger partial charge in [-0.1, -0.05) is 13.8 Å². The second kappa shape index (κ2) is 7.34. The monoisotopic (exact) mass is 289 g/mol. The minimum Gasteiger partial charge on any atom is -0.328 e. The highest BCUT2D eigenvalue weighted by molar-refractivity contribution is 5.85. The topological polar surface area (TPSA) is 49.6 Å².